The summed E-state index contributed by atoms with van der Waals surface area (Å²) in [6, 6.07) is 4.18. The Hall–Kier alpha value is -1.53. The second kappa shape index (κ2) is 6.49. The van der Waals surface area contributed by atoms with Gasteiger partial charge in [0.25, 0.3) is 5.56 Å². The van der Waals surface area contributed by atoms with Crippen LogP contribution in [0.1, 0.15) is 42.3 Å². The molecule has 2 aromatic rings. The van der Waals surface area contributed by atoms with Crippen LogP contribution in [0.3, 0.4) is 0 Å². The van der Waals surface area contributed by atoms with Gasteiger partial charge in [-0.2, -0.15) is 5.10 Å². The average Bonchev–Trinajstić information content (AvgIpc) is 3.02. The molecule has 0 aromatic carbocycles. The van der Waals surface area contributed by atoms with Crippen molar-refractivity contribution in [1.29, 1.82) is 0 Å². The number of nitrogens with one attached hydrogen (secondary N) is 1. The molecule has 0 radical (unpaired) electrons. The van der Waals surface area contributed by atoms with Gasteiger partial charge in [-0.15, -0.1) is 11.3 Å². The highest BCUT2D eigenvalue weighted by Gasteiger charge is 2.23. The fourth-order valence-corrected chi connectivity index (χ4v) is 3.43. The van der Waals surface area contributed by atoms with E-state index in [0.29, 0.717) is 6.04 Å². The highest BCUT2D eigenvalue weighted by atomic mass is 32.1. The summed E-state index contributed by atoms with van der Waals surface area (Å²) in [6.45, 7) is 2.82. The van der Waals surface area contributed by atoms with E-state index in [1.54, 1.807) is 28.2 Å². The van der Waals surface area contributed by atoms with Crippen LogP contribution in [0.25, 0.3) is 0 Å². The number of rotatable bonds is 4. The Morgan fingerprint density at radius 3 is 2.86 bits per heavy atom. The molecule has 1 N–H and O–H groups in total. The quantitative estimate of drug-likeness (QED) is 0.941. The minimum Gasteiger partial charge on any atom is -0.309 e. The van der Waals surface area contributed by atoms with Crippen molar-refractivity contribution in [3.8, 4) is 0 Å². The van der Waals surface area contributed by atoms with Crippen LogP contribution in [0.15, 0.2) is 28.6 Å². The predicted octanol–water partition coefficient (Wildman–Crippen LogP) is 2.28. The summed E-state index contributed by atoms with van der Waals surface area (Å²) in [5, 5.41) is 7.97. The van der Waals surface area contributed by atoms with Crippen molar-refractivity contribution in [1.82, 2.24) is 20.1 Å². The van der Waals surface area contributed by atoms with Crippen LogP contribution in [-0.2, 0) is 6.54 Å². The molecular weight excluding hydrogens is 284 g/mol. The molecule has 2 heterocycles. The van der Waals surface area contributed by atoms with E-state index in [9.17, 15) is 4.79 Å². The smallest absolute Gasteiger partial charge is 0.267 e. The third kappa shape index (κ3) is 3.57. The maximum atomic E-state index is 11.9. The van der Waals surface area contributed by atoms with Crippen molar-refractivity contribution in [2.24, 2.45) is 0 Å². The molecule has 0 spiro atoms. The summed E-state index contributed by atoms with van der Waals surface area (Å²) >= 11 is 1.68. The van der Waals surface area contributed by atoms with Gasteiger partial charge in [0.2, 0.25) is 0 Å². The first-order valence-corrected chi connectivity index (χ1v) is 8.27. The van der Waals surface area contributed by atoms with Crippen LogP contribution in [0, 0.1) is 6.92 Å². The number of hydrogen-bond donors (Lipinski definition) is 1. The number of thiazole rings is 1. The number of hydrogen-bond acceptors (Lipinski definition) is 5. The van der Waals surface area contributed by atoms with Gasteiger partial charge in [-0.25, -0.2) is 4.68 Å². The van der Waals surface area contributed by atoms with Crippen molar-refractivity contribution in [2.45, 2.75) is 51.2 Å². The lowest BCUT2D eigenvalue weighted by molar-refractivity contribution is 0.268. The van der Waals surface area contributed by atoms with Crippen LogP contribution in [0.4, 0.5) is 0 Å². The van der Waals surface area contributed by atoms with E-state index in [2.05, 4.69) is 15.4 Å². The second-order valence-corrected chi connectivity index (χ2v) is 6.58. The summed E-state index contributed by atoms with van der Waals surface area (Å²) in [7, 11) is 0. The molecule has 5 nitrogen and oxygen atoms in total. The monoisotopic (exact) mass is 304 g/mol. The molecule has 1 aliphatic rings. The summed E-state index contributed by atoms with van der Waals surface area (Å²) in [5.41, 5.74) is 2.78. The first-order chi connectivity index (χ1) is 10.2. The van der Waals surface area contributed by atoms with Gasteiger partial charge in [-0.3, -0.25) is 9.78 Å². The van der Waals surface area contributed by atoms with E-state index < -0.39 is 0 Å². The van der Waals surface area contributed by atoms with Crippen molar-refractivity contribution >= 4 is 11.3 Å². The molecule has 1 aliphatic carbocycles. The number of nitrogens with zero attached hydrogens (tertiary/aromatic N) is 3. The predicted molar refractivity (Wildman–Crippen MR) is 83.5 cm³/mol. The fourth-order valence-electron chi connectivity index (χ4n) is 2.88. The molecule has 0 bridgehead atoms. The largest absolute Gasteiger partial charge is 0.309 e. The van der Waals surface area contributed by atoms with Crippen LogP contribution in [0.5, 0.6) is 0 Å². The van der Waals surface area contributed by atoms with Gasteiger partial charge in [-0.05, 0) is 38.7 Å². The molecule has 1 saturated carbocycles. The minimum absolute atomic E-state index is 0.0154. The maximum Gasteiger partial charge on any atom is 0.267 e. The van der Waals surface area contributed by atoms with Gasteiger partial charge in [0.15, 0.2) is 0 Å². The Labute approximate surface area is 128 Å². The number of aromatic nitrogens is 3. The Kier molecular flexibility index (Phi) is 4.45. The Morgan fingerprint density at radius 2 is 2.14 bits per heavy atom. The topological polar surface area (TPSA) is 59.8 Å². The zero-order valence-corrected chi connectivity index (χ0v) is 13.0. The molecular formula is C15H20N4OS. The average molecular weight is 304 g/mol. The van der Waals surface area contributed by atoms with E-state index in [1.165, 1.54) is 4.88 Å². The van der Waals surface area contributed by atoms with Gasteiger partial charge in [0, 0.05) is 29.7 Å². The van der Waals surface area contributed by atoms with Crippen LogP contribution in [0.2, 0.25) is 0 Å². The molecule has 6 heteroatoms. The SMILES string of the molecule is Cc1ccc(=O)n(C2CCC(NCc3cncs3)CC2)n1. The molecule has 21 heavy (non-hydrogen) atoms. The Balaban J connectivity index is 1.55. The van der Waals surface area contributed by atoms with Crippen molar-refractivity contribution in [2.75, 3.05) is 0 Å². The van der Waals surface area contributed by atoms with E-state index in [-0.39, 0.29) is 11.6 Å². The van der Waals surface area contributed by atoms with Gasteiger partial charge in [0.05, 0.1) is 17.2 Å². The molecule has 112 valence electrons. The lowest BCUT2D eigenvalue weighted by Gasteiger charge is -2.29. The van der Waals surface area contributed by atoms with E-state index in [0.717, 1.165) is 37.9 Å². The highest BCUT2D eigenvalue weighted by Crippen LogP contribution is 2.27. The standard InChI is InChI=1S/C15H20N4OS/c1-11-2-7-15(20)19(18-11)13-5-3-12(4-6-13)17-9-14-8-16-10-21-14/h2,7-8,10,12-13,17H,3-6,9H2,1H3. The summed E-state index contributed by atoms with van der Waals surface area (Å²) < 4.78 is 1.68. The molecule has 0 atom stereocenters. The lowest BCUT2D eigenvalue weighted by Crippen LogP contribution is -2.36. The zero-order chi connectivity index (χ0) is 14.7. The van der Waals surface area contributed by atoms with E-state index in [4.69, 9.17) is 0 Å². The van der Waals surface area contributed by atoms with Crippen LogP contribution < -0.4 is 10.9 Å². The first kappa shape index (κ1) is 14.4. The van der Waals surface area contributed by atoms with Gasteiger partial charge < -0.3 is 5.32 Å². The molecule has 2 aromatic heterocycles. The van der Waals surface area contributed by atoms with E-state index in [1.807, 2.05) is 18.6 Å². The highest BCUT2D eigenvalue weighted by molar-refractivity contribution is 7.09. The normalized spacial score (nSPS) is 22.3. The third-order valence-corrected chi connectivity index (χ3v) is 4.83. The zero-order valence-electron chi connectivity index (χ0n) is 12.2. The second-order valence-electron chi connectivity index (χ2n) is 5.61. The Bertz CT molecular complexity index is 629. The Morgan fingerprint density at radius 1 is 1.33 bits per heavy atom. The minimum atomic E-state index is 0.0154. The summed E-state index contributed by atoms with van der Waals surface area (Å²) in [6.07, 6.45) is 6.12. The summed E-state index contributed by atoms with van der Waals surface area (Å²) in [5.74, 6) is 0. The molecule has 0 saturated heterocycles. The van der Waals surface area contributed by atoms with Gasteiger partial charge in [0.1, 0.15) is 0 Å². The molecule has 3 rings (SSSR count). The summed E-state index contributed by atoms with van der Waals surface area (Å²) in [4.78, 5) is 17.3. The molecule has 0 aliphatic heterocycles. The van der Waals surface area contributed by atoms with Gasteiger partial charge in [-0.1, -0.05) is 0 Å². The van der Waals surface area contributed by atoms with Crippen LogP contribution in [-0.4, -0.2) is 20.8 Å². The molecule has 0 unspecified atom stereocenters. The van der Waals surface area contributed by atoms with Crippen molar-refractivity contribution in [3.05, 3.63) is 44.8 Å². The van der Waals surface area contributed by atoms with Crippen LogP contribution >= 0.6 is 11.3 Å². The maximum absolute atomic E-state index is 11.9. The molecule has 0 amide bonds. The number of aryl methyl sites for hydroxylation is 1. The van der Waals surface area contributed by atoms with Crippen molar-refractivity contribution < 1.29 is 0 Å². The fraction of sp³-hybridized carbons (Fsp3) is 0.533. The third-order valence-electron chi connectivity index (χ3n) is 4.05. The van der Waals surface area contributed by atoms with E-state index >= 15 is 0 Å². The van der Waals surface area contributed by atoms with Crippen molar-refractivity contribution in [3.63, 3.8) is 0 Å². The lowest BCUT2D eigenvalue weighted by atomic mass is 9.91. The molecule has 1 fully saturated rings. The van der Waals surface area contributed by atoms with Gasteiger partial charge >= 0.3 is 0 Å². The first-order valence-electron chi connectivity index (χ1n) is 7.39.